The number of para-hydroxylation sites is 2. The number of hydrogen-bond acceptors (Lipinski definition) is 3. The van der Waals surface area contributed by atoms with Gasteiger partial charge in [-0.25, -0.2) is 4.79 Å². The van der Waals surface area contributed by atoms with Crippen LogP contribution in [-0.4, -0.2) is 42.6 Å². The summed E-state index contributed by atoms with van der Waals surface area (Å²) in [5, 5.41) is 3.05. The third-order valence-corrected chi connectivity index (χ3v) is 5.88. The van der Waals surface area contributed by atoms with Gasteiger partial charge < -0.3 is 15.0 Å². The molecule has 6 nitrogen and oxygen atoms in total. The number of ether oxygens (including phenoxy) is 1. The van der Waals surface area contributed by atoms with Crippen LogP contribution in [0.3, 0.4) is 0 Å². The molecule has 0 aliphatic carbocycles. The molecule has 1 atom stereocenters. The number of amides is 3. The minimum Gasteiger partial charge on any atom is -0.487 e. The minimum atomic E-state index is -0.0473. The van der Waals surface area contributed by atoms with Crippen molar-refractivity contribution in [2.45, 2.75) is 39.3 Å². The first-order valence-electron chi connectivity index (χ1n) is 10.7. The van der Waals surface area contributed by atoms with Gasteiger partial charge in [-0.1, -0.05) is 42.0 Å². The Kier molecular flexibility index (Phi) is 5.93. The van der Waals surface area contributed by atoms with Gasteiger partial charge in [0.05, 0.1) is 12.2 Å². The van der Waals surface area contributed by atoms with E-state index in [0.717, 1.165) is 17.0 Å². The van der Waals surface area contributed by atoms with Crippen LogP contribution in [0.4, 0.5) is 10.5 Å². The normalized spacial score (nSPS) is 19.1. The fourth-order valence-electron chi connectivity index (χ4n) is 4.11. The third-order valence-electron chi connectivity index (χ3n) is 5.88. The zero-order chi connectivity index (χ0) is 21.1. The number of anilines is 1. The summed E-state index contributed by atoms with van der Waals surface area (Å²) in [4.78, 5) is 29.4. The van der Waals surface area contributed by atoms with Crippen molar-refractivity contribution in [2.75, 3.05) is 24.5 Å². The summed E-state index contributed by atoms with van der Waals surface area (Å²) in [7, 11) is 0. The Balaban J connectivity index is 1.31. The predicted octanol–water partition coefficient (Wildman–Crippen LogP) is 3.73. The summed E-state index contributed by atoms with van der Waals surface area (Å²) in [6, 6.07) is 15.8. The van der Waals surface area contributed by atoms with Crippen molar-refractivity contribution in [2.24, 2.45) is 5.92 Å². The van der Waals surface area contributed by atoms with Crippen molar-refractivity contribution in [3.63, 3.8) is 0 Å². The first-order chi connectivity index (χ1) is 14.5. The summed E-state index contributed by atoms with van der Waals surface area (Å²) in [5.41, 5.74) is 3.12. The van der Waals surface area contributed by atoms with Crippen molar-refractivity contribution < 1.29 is 14.3 Å². The molecule has 30 heavy (non-hydrogen) atoms. The van der Waals surface area contributed by atoms with Crippen LogP contribution in [-0.2, 0) is 11.3 Å². The van der Waals surface area contributed by atoms with Crippen molar-refractivity contribution in [1.82, 2.24) is 10.2 Å². The van der Waals surface area contributed by atoms with E-state index < -0.39 is 0 Å². The van der Waals surface area contributed by atoms with E-state index >= 15 is 0 Å². The van der Waals surface area contributed by atoms with Crippen LogP contribution in [0.5, 0.6) is 5.75 Å². The number of likely N-dealkylation sites (tertiary alicyclic amines) is 1. The van der Waals surface area contributed by atoms with Crippen molar-refractivity contribution in [3.8, 4) is 5.75 Å². The molecule has 1 fully saturated rings. The van der Waals surface area contributed by atoms with Gasteiger partial charge in [0.25, 0.3) is 0 Å². The Labute approximate surface area is 177 Å². The molecule has 0 saturated carbocycles. The lowest BCUT2D eigenvalue weighted by atomic mass is 9.96. The van der Waals surface area contributed by atoms with Gasteiger partial charge in [0.2, 0.25) is 5.91 Å². The lowest BCUT2D eigenvalue weighted by molar-refractivity contribution is -0.126. The van der Waals surface area contributed by atoms with Crippen molar-refractivity contribution >= 4 is 17.6 Å². The van der Waals surface area contributed by atoms with Crippen molar-refractivity contribution in [1.29, 1.82) is 0 Å². The number of benzene rings is 2. The van der Waals surface area contributed by atoms with Gasteiger partial charge in [0, 0.05) is 25.6 Å². The van der Waals surface area contributed by atoms with E-state index in [2.05, 4.69) is 17.4 Å². The van der Waals surface area contributed by atoms with Gasteiger partial charge in [-0.3, -0.25) is 9.69 Å². The highest BCUT2D eigenvalue weighted by molar-refractivity contribution is 5.94. The Bertz CT molecular complexity index is 904. The van der Waals surface area contributed by atoms with Crippen molar-refractivity contribution in [3.05, 3.63) is 59.7 Å². The summed E-state index contributed by atoms with van der Waals surface area (Å²) < 4.78 is 5.85. The van der Waals surface area contributed by atoms with E-state index in [1.165, 1.54) is 5.56 Å². The molecule has 6 heteroatoms. The lowest BCUT2D eigenvalue weighted by Gasteiger charge is -2.39. The SMILES string of the molecule is Cc1ccc(CNC(=O)C2CCN(C(=O)N3C[C@H](C)Oc4ccccc43)CC2)cc1. The Hall–Kier alpha value is -3.02. The summed E-state index contributed by atoms with van der Waals surface area (Å²) in [5.74, 6) is 0.776. The highest BCUT2D eigenvalue weighted by Gasteiger charge is 2.33. The van der Waals surface area contributed by atoms with Gasteiger partial charge in [0.15, 0.2) is 0 Å². The summed E-state index contributed by atoms with van der Waals surface area (Å²) in [6.45, 7) is 6.28. The monoisotopic (exact) mass is 407 g/mol. The second-order valence-corrected chi connectivity index (χ2v) is 8.25. The number of carbonyl (C=O) groups is 2. The molecule has 2 aliphatic heterocycles. The number of fused-ring (bicyclic) bond motifs is 1. The zero-order valence-electron chi connectivity index (χ0n) is 17.6. The largest absolute Gasteiger partial charge is 0.487 e. The molecule has 0 unspecified atom stereocenters. The molecule has 3 amide bonds. The second kappa shape index (κ2) is 8.78. The number of piperidine rings is 1. The van der Waals surface area contributed by atoms with E-state index in [9.17, 15) is 9.59 Å². The van der Waals surface area contributed by atoms with Gasteiger partial charge in [-0.2, -0.15) is 0 Å². The number of aryl methyl sites for hydroxylation is 1. The molecule has 1 N–H and O–H groups in total. The van der Waals surface area contributed by atoms with Gasteiger partial charge in [0.1, 0.15) is 11.9 Å². The number of urea groups is 1. The summed E-state index contributed by atoms with van der Waals surface area (Å²) in [6.07, 6.45) is 1.33. The Morgan fingerprint density at radius 3 is 2.50 bits per heavy atom. The average Bonchev–Trinajstić information content (AvgIpc) is 2.77. The van der Waals surface area contributed by atoms with Crippen LogP contribution in [0.1, 0.15) is 30.9 Å². The molecule has 0 aromatic heterocycles. The fraction of sp³-hybridized carbons (Fsp3) is 0.417. The third kappa shape index (κ3) is 4.42. The quantitative estimate of drug-likeness (QED) is 0.843. The Morgan fingerprint density at radius 2 is 1.77 bits per heavy atom. The molecular formula is C24H29N3O3. The maximum absolute atomic E-state index is 13.2. The predicted molar refractivity (Wildman–Crippen MR) is 117 cm³/mol. The van der Waals surface area contributed by atoms with Gasteiger partial charge in [-0.15, -0.1) is 0 Å². The number of nitrogens with one attached hydrogen (secondary N) is 1. The molecule has 4 rings (SSSR count). The molecule has 2 aromatic carbocycles. The molecule has 0 bridgehead atoms. The van der Waals surface area contributed by atoms with E-state index in [0.29, 0.717) is 39.0 Å². The standard InChI is InChI=1S/C24H29N3O3/c1-17-7-9-19(10-8-17)15-25-23(28)20-11-13-26(14-12-20)24(29)27-16-18(2)30-22-6-4-3-5-21(22)27/h3-10,18,20H,11-16H2,1-2H3,(H,25,28)/t18-/m0/s1. The smallest absolute Gasteiger partial charge is 0.324 e. The number of rotatable bonds is 3. The average molecular weight is 408 g/mol. The van der Waals surface area contributed by atoms with Crippen LogP contribution in [0.15, 0.2) is 48.5 Å². The molecule has 1 saturated heterocycles. The van der Waals surface area contributed by atoms with Gasteiger partial charge in [-0.05, 0) is 44.4 Å². The van der Waals surface area contributed by atoms with Crippen LogP contribution < -0.4 is 15.0 Å². The van der Waals surface area contributed by atoms with E-state index in [1.807, 2.05) is 55.1 Å². The second-order valence-electron chi connectivity index (χ2n) is 8.25. The highest BCUT2D eigenvalue weighted by Crippen LogP contribution is 2.34. The minimum absolute atomic E-state index is 0.00360. The van der Waals surface area contributed by atoms with Crippen LogP contribution >= 0.6 is 0 Å². The van der Waals surface area contributed by atoms with E-state index in [1.54, 1.807) is 4.90 Å². The van der Waals surface area contributed by atoms with Gasteiger partial charge >= 0.3 is 6.03 Å². The fourth-order valence-corrected chi connectivity index (χ4v) is 4.11. The molecule has 2 heterocycles. The topological polar surface area (TPSA) is 61.9 Å². The van der Waals surface area contributed by atoms with E-state index in [-0.39, 0.29) is 24.0 Å². The van der Waals surface area contributed by atoms with E-state index in [4.69, 9.17) is 4.74 Å². The summed E-state index contributed by atoms with van der Waals surface area (Å²) >= 11 is 0. The number of carbonyl (C=O) groups excluding carboxylic acids is 2. The molecule has 2 aromatic rings. The number of hydrogen-bond donors (Lipinski definition) is 1. The number of nitrogens with zero attached hydrogens (tertiary/aromatic N) is 2. The first kappa shape index (κ1) is 20.3. The van der Waals surface area contributed by atoms with Crippen LogP contribution in [0.2, 0.25) is 0 Å². The first-order valence-corrected chi connectivity index (χ1v) is 10.7. The maximum atomic E-state index is 13.2. The molecule has 2 aliphatic rings. The lowest BCUT2D eigenvalue weighted by Crippen LogP contribution is -2.52. The Morgan fingerprint density at radius 1 is 1.07 bits per heavy atom. The van der Waals surface area contributed by atoms with Crippen LogP contribution in [0, 0.1) is 12.8 Å². The highest BCUT2D eigenvalue weighted by atomic mass is 16.5. The van der Waals surface area contributed by atoms with Crippen LogP contribution in [0.25, 0.3) is 0 Å². The maximum Gasteiger partial charge on any atom is 0.324 e. The zero-order valence-corrected chi connectivity index (χ0v) is 17.6. The molecule has 0 spiro atoms. The molecule has 158 valence electrons. The molecular weight excluding hydrogens is 378 g/mol. The molecule has 0 radical (unpaired) electrons.